The van der Waals surface area contributed by atoms with Crippen LogP contribution < -0.4 is 16.0 Å². The summed E-state index contributed by atoms with van der Waals surface area (Å²) in [6.07, 6.45) is 0.592. The summed E-state index contributed by atoms with van der Waals surface area (Å²) in [4.78, 5) is 20.0. The minimum absolute atomic E-state index is 0.0168. The van der Waals surface area contributed by atoms with Crippen molar-refractivity contribution in [3.63, 3.8) is 0 Å². The van der Waals surface area contributed by atoms with E-state index >= 15 is 0 Å². The van der Waals surface area contributed by atoms with Crippen LogP contribution in [0.3, 0.4) is 0 Å². The first kappa shape index (κ1) is 25.3. The molecule has 0 bridgehead atoms. The van der Waals surface area contributed by atoms with Gasteiger partial charge in [-0.15, -0.1) is 0 Å². The third kappa shape index (κ3) is 5.89. The zero-order chi connectivity index (χ0) is 26.7. The fourth-order valence-electron chi connectivity index (χ4n) is 3.28. The van der Waals surface area contributed by atoms with Gasteiger partial charge in [-0.3, -0.25) is 9.48 Å². The highest BCUT2D eigenvalue weighted by Crippen LogP contribution is 2.36. The lowest BCUT2D eigenvalue weighted by atomic mass is 10.0. The van der Waals surface area contributed by atoms with Gasteiger partial charge in [-0.25, -0.2) is 13.8 Å². The van der Waals surface area contributed by atoms with Crippen LogP contribution in [0, 0.1) is 11.6 Å². The Kier molecular flexibility index (Phi) is 6.87. The predicted octanol–water partition coefficient (Wildman–Crippen LogP) is 5.79. The van der Waals surface area contributed by atoms with Crippen LogP contribution in [-0.4, -0.2) is 25.7 Å². The summed E-state index contributed by atoms with van der Waals surface area (Å²) in [5.74, 6) is -2.55. The Labute approximate surface area is 206 Å². The number of hydrogen-bond acceptors (Lipinski definition) is 6. The van der Waals surface area contributed by atoms with Crippen molar-refractivity contribution < 1.29 is 26.7 Å². The number of amides is 1. The number of alkyl halides is 3. The highest BCUT2D eigenvalue weighted by Gasteiger charge is 2.31. The molecule has 4 aromatic rings. The molecule has 37 heavy (non-hydrogen) atoms. The number of hydrogen-bond donors (Lipinski definition) is 3. The molecule has 0 aliphatic rings. The molecule has 0 saturated heterocycles. The molecule has 0 aliphatic heterocycles. The van der Waals surface area contributed by atoms with E-state index in [0.717, 1.165) is 24.3 Å². The first-order valence-corrected chi connectivity index (χ1v) is 10.5. The van der Waals surface area contributed by atoms with Gasteiger partial charge in [0.15, 0.2) is 0 Å². The van der Waals surface area contributed by atoms with Gasteiger partial charge in [0.1, 0.15) is 17.5 Å². The molecular weight excluding hydrogens is 497 g/mol. The van der Waals surface area contributed by atoms with Crippen LogP contribution in [-0.2, 0) is 18.0 Å². The monoisotopic (exact) mass is 515 g/mol. The van der Waals surface area contributed by atoms with Gasteiger partial charge in [-0.05, 0) is 36.4 Å². The first-order chi connectivity index (χ1) is 17.5. The van der Waals surface area contributed by atoms with Crippen molar-refractivity contribution in [2.45, 2.75) is 6.18 Å². The van der Waals surface area contributed by atoms with E-state index in [1.54, 1.807) is 13.2 Å². The van der Waals surface area contributed by atoms with Crippen LogP contribution in [0.25, 0.3) is 11.1 Å². The second kappa shape index (κ2) is 10.0. The second-order valence-corrected chi connectivity index (χ2v) is 7.69. The molecule has 2 aromatic heterocycles. The molecule has 0 radical (unpaired) electrons. The van der Waals surface area contributed by atoms with Crippen LogP contribution >= 0.6 is 0 Å². The highest BCUT2D eigenvalue weighted by atomic mass is 19.4. The maximum Gasteiger partial charge on any atom is 0.416 e. The Bertz CT molecular complexity index is 1480. The normalized spacial score (nSPS) is 11.2. The molecule has 0 unspecified atom stereocenters. The lowest BCUT2D eigenvalue weighted by Gasteiger charge is -2.15. The summed E-state index contributed by atoms with van der Waals surface area (Å²) in [6, 6.07) is 5.67. The number of aryl methyl sites for hydroxylation is 1. The van der Waals surface area contributed by atoms with Crippen molar-refractivity contribution in [3.8, 4) is 11.1 Å². The number of halogens is 5. The minimum Gasteiger partial charge on any atom is -0.337 e. The molecule has 0 fully saturated rings. The molecule has 1 amide bonds. The average Bonchev–Trinajstić information content (AvgIpc) is 3.25. The molecule has 190 valence electrons. The SMILES string of the molecule is C=CC(=O)Nc1ccc(F)c(Nc2nc(Nc3cnn(C)c3)ncc2-c2ccc(C(F)(F)F)cc2F)c1. The van der Waals surface area contributed by atoms with Crippen molar-refractivity contribution in [1.82, 2.24) is 19.7 Å². The largest absolute Gasteiger partial charge is 0.416 e. The number of rotatable bonds is 7. The number of carbonyl (C=O) groups excluding carboxylic acids is 1. The van der Waals surface area contributed by atoms with Crippen molar-refractivity contribution in [2.24, 2.45) is 7.05 Å². The Morgan fingerprint density at radius 3 is 2.43 bits per heavy atom. The first-order valence-electron chi connectivity index (χ1n) is 10.5. The van der Waals surface area contributed by atoms with E-state index < -0.39 is 29.3 Å². The Hall–Kier alpha value is -4.81. The van der Waals surface area contributed by atoms with Crippen LogP contribution in [0.1, 0.15) is 5.56 Å². The number of aromatic nitrogens is 4. The molecule has 2 heterocycles. The van der Waals surface area contributed by atoms with E-state index in [-0.39, 0.29) is 34.3 Å². The summed E-state index contributed by atoms with van der Waals surface area (Å²) in [6.45, 7) is 3.35. The van der Waals surface area contributed by atoms with Crippen LogP contribution in [0.15, 0.2) is 67.6 Å². The van der Waals surface area contributed by atoms with Crippen LogP contribution in [0.4, 0.5) is 50.8 Å². The number of nitrogens with zero attached hydrogens (tertiary/aromatic N) is 4. The lowest BCUT2D eigenvalue weighted by molar-refractivity contribution is -0.137. The highest BCUT2D eigenvalue weighted by molar-refractivity contribution is 5.99. The van der Waals surface area contributed by atoms with Crippen LogP contribution in [0.2, 0.25) is 0 Å². The van der Waals surface area contributed by atoms with E-state index in [2.05, 4.69) is 37.6 Å². The van der Waals surface area contributed by atoms with Gasteiger partial charge in [0.2, 0.25) is 11.9 Å². The summed E-state index contributed by atoms with van der Waals surface area (Å²) in [7, 11) is 1.69. The number of benzene rings is 2. The van der Waals surface area contributed by atoms with Gasteiger partial charge in [-0.2, -0.15) is 23.3 Å². The standard InChI is InChI=1S/C24H18F5N7O/c1-3-21(37)32-14-5-7-18(25)20(9-14)34-22-17(16-6-4-13(8-19(16)26)24(27,28)29)11-30-23(35-22)33-15-10-31-36(2)12-15/h3-12H,1H2,2H3,(H,32,37)(H2,30,33,34,35). The second-order valence-electron chi connectivity index (χ2n) is 7.69. The summed E-state index contributed by atoms with van der Waals surface area (Å²) < 4.78 is 70.1. The third-order valence-electron chi connectivity index (χ3n) is 5.01. The maximum absolute atomic E-state index is 14.8. The molecular formula is C24H18F5N7O. The molecule has 0 atom stereocenters. The third-order valence-corrected chi connectivity index (χ3v) is 5.01. The van der Waals surface area contributed by atoms with E-state index in [1.165, 1.54) is 29.2 Å². The number of nitrogens with one attached hydrogen (secondary N) is 3. The summed E-state index contributed by atoms with van der Waals surface area (Å²) in [5, 5.41) is 12.1. The molecule has 0 aliphatic carbocycles. The zero-order valence-electron chi connectivity index (χ0n) is 19.1. The maximum atomic E-state index is 14.8. The van der Waals surface area contributed by atoms with Crippen molar-refractivity contribution in [2.75, 3.05) is 16.0 Å². The van der Waals surface area contributed by atoms with Crippen molar-refractivity contribution in [1.29, 1.82) is 0 Å². The van der Waals surface area contributed by atoms with Crippen molar-refractivity contribution >= 4 is 34.7 Å². The zero-order valence-corrected chi connectivity index (χ0v) is 19.1. The fraction of sp³-hybridized carbons (Fsp3) is 0.0833. The van der Waals surface area contributed by atoms with Gasteiger partial charge >= 0.3 is 6.18 Å². The Morgan fingerprint density at radius 2 is 1.78 bits per heavy atom. The average molecular weight is 515 g/mol. The lowest BCUT2D eigenvalue weighted by Crippen LogP contribution is -2.09. The molecule has 8 nitrogen and oxygen atoms in total. The molecule has 4 rings (SSSR count). The summed E-state index contributed by atoms with van der Waals surface area (Å²) in [5.41, 5.74) is -0.874. The van der Waals surface area contributed by atoms with E-state index in [9.17, 15) is 26.7 Å². The van der Waals surface area contributed by atoms with Gasteiger partial charge in [0, 0.05) is 36.3 Å². The van der Waals surface area contributed by atoms with E-state index in [1.807, 2.05) is 0 Å². The Morgan fingerprint density at radius 1 is 1.00 bits per heavy atom. The molecule has 0 spiro atoms. The molecule has 0 saturated carbocycles. The van der Waals surface area contributed by atoms with Crippen LogP contribution in [0.5, 0.6) is 0 Å². The smallest absolute Gasteiger partial charge is 0.337 e. The summed E-state index contributed by atoms with van der Waals surface area (Å²) >= 11 is 0. The molecule has 3 N–H and O–H groups in total. The molecule has 13 heteroatoms. The topological polar surface area (TPSA) is 96.8 Å². The van der Waals surface area contributed by atoms with Gasteiger partial charge < -0.3 is 16.0 Å². The molecule has 2 aromatic carbocycles. The van der Waals surface area contributed by atoms with Crippen molar-refractivity contribution in [3.05, 3.63) is 84.8 Å². The Balaban J connectivity index is 1.78. The van der Waals surface area contributed by atoms with Gasteiger partial charge in [0.05, 0.1) is 23.1 Å². The van der Waals surface area contributed by atoms with E-state index in [0.29, 0.717) is 11.8 Å². The van der Waals surface area contributed by atoms with Gasteiger partial charge in [0.25, 0.3) is 0 Å². The quantitative estimate of drug-likeness (QED) is 0.213. The minimum atomic E-state index is -4.74. The van der Waals surface area contributed by atoms with Gasteiger partial charge in [-0.1, -0.05) is 12.6 Å². The number of carbonyl (C=O) groups is 1. The fourth-order valence-corrected chi connectivity index (χ4v) is 3.28. The van der Waals surface area contributed by atoms with E-state index in [4.69, 9.17) is 0 Å². The predicted molar refractivity (Wildman–Crippen MR) is 127 cm³/mol. The number of anilines is 5.